The Labute approximate surface area is 236 Å². The average Bonchev–Trinajstić information content (AvgIpc) is 3.26. The van der Waals surface area contributed by atoms with E-state index in [1.165, 1.54) is 11.8 Å². The smallest absolute Gasteiger partial charge is 0.304 e. The predicted octanol–water partition coefficient (Wildman–Crippen LogP) is 4.78. The molecule has 1 spiro atoms. The number of hydrogen-bond acceptors (Lipinski definition) is 6. The van der Waals surface area contributed by atoms with E-state index in [1.54, 1.807) is 30.1 Å². The molecule has 0 aliphatic carbocycles. The van der Waals surface area contributed by atoms with E-state index in [9.17, 15) is 19.5 Å². The van der Waals surface area contributed by atoms with Gasteiger partial charge in [0.05, 0.1) is 24.8 Å². The number of anilines is 2. The third kappa shape index (κ3) is 4.62. The molecule has 2 aromatic rings. The molecule has 39 heavy (non-hydrogen) atoms. The highest BCUT2D eigenvalue weighted by atomic mass is 79.9. The molecule has 2 fully saturated rings. The minimum absolute atomic E-state index is 0.135. The summed E-state index contributed by atoms with van der Waals surface area (Å²) in [6.45, 7) is 6.56. The van der Waals surface area contributed by atoms with Crippen LogP contribution in [-0.2, 0) is 36.0 Å². The molecule has 2 saturated heterocycles. The van der Waals surface area contributed by atoms with Gasteiger partial charge in [-0.1, -0.05) is 35.0 Å². The Morgan fingerprint density at radius 1 is 1.23 bits per heavy atom. The summed E-state index contributed by atoms with van der Waals surface area (Å²) in [5.41, 5.74) is 1.02. The third-order valence-electron chi connectivity index (χ3n) is 8.10. The van der Waals surface area contributed by atoms with Gasteiger partial charge in [0.1, 0.15) is 0 Å². The highest BCUT2D eigenvalue weighted by Gasteiger charge is 2.66. The molecule has 8 nitrogen and oxygen atoms in total. The summed E-state index contributed by atoms with van der Waals surface area (Å²) in [6, 6.07) is 12.8. The highest BCUT2D eigenvalue weighted by Crippen LogP contribution is 2.60. The first-order chi connectivity index (χ1) is 18.4. The number of ether oxygens (including phenoxy) is 2. The zero-order valence-electron chi connectivity index (χ0n) is 22.3. The van der Waals surface area contributed by atoms with Crippen molar-refractivity contribution in [2.45, 2.75) is 69.8 Å². The maximum atomic E-state index is 15.6. The lowest BCUT2D eigenvalue weighted by molar-refractivity contribution is -0.154. The number of aliphatic hydroxyl groups excluding tert-OH is 1. The van der Waals surface area contributed by atoms with Crippen LogP contribution < -0.4 is 9.80 Å². The van der Waals surface area contributed by atoms with Gasteiger partial charge in [-0.2, -0.15) is 0 Å². The van der Waals surface area contributed by atoms with Crippen LogP contribution in [0.25, 0.3) is 0 Å². The molecule has 1 N–H and O–H groups in total. The van der Waals surface area contributed by atoms with Gasteiger partial charge in [-0.05, 0) is 55.4 Å². The molecule has 1 unspecified atom stereocenters. The fourth-order valence-electron chi connectivity index (χ4n) is 6.50. The van der Waals surface area contributed by atoms with Crippen molar-refractivity contribution >= 4 is 53.5 Å². The van der Waals surface area contributed by atoms with E-state index in [1.807, 2.05) is 37.3 Å². The molecule has 0 saturated carbocycles. The summed E-state index contributed by atoms with van der Waals surface area (Å²) in [5.74, 6) is -1.26. The normalized spacial score (nSPS) is 28.2. The molecule has 208 valence electrons. The van der Waals surface area contributed by atoms with Crippen molar-refractivity contribution in [1.82, 2.24) is 0 Å². The largest absolute Gasteiger partial charge is 0.441 e. The number of rotatable bonds is 7. The van der Waals surface area contributed by atoms with Gasteiger partial charge in [-0.3, -0.25) is 19.3 Å². The monoisotopic (exact) mass is 618 g/mol. The number of esters is 1. The van der Waals surface area contributed by atoms with E-state index in [0.717, 1.165) is 10.0 Å². The molecule has 2 amide bonds. The molecule has 3 aliphatic rings. The number of benzene rings is 2. The van der Waals surface area contributed by atoms with Gasteiger partial charge in [0.25, 0.3) is 5.91 Å². The van der Waals surface area contributed by atoms with Crippen LogP contribution >= 0.6 is 15.9 Å². The lowest BCUT2D eigenvalue weighted by Crippen LogP contribution is -2.54. The van der Waals surface area contributed by atoms with Crippen LogP contribution in [0.1, 0.15) is 37.8 Å². The van der Waals surface area contributed by atoms with Gasteiger partial charge in [0.15, 0.2) is 11.8 Å². The van der Waals surface area contributed by atoms with Crippen molar-refractivity contribution in [2.24, 2.45) is 5.92 Å². The number of carbonyl (C=O) groups is 3. The van der Waals surface area contributed by atoms with Crippen LogP contribution in [0.4, 0.5) is 15.5 Å². The van der Waals surface area contributed by atoms with E-state index in [0.29, 0.717) is 16.9 Å². The van der Waals surface area contributed by atoms with Gasteiger partial charge in [0.2, 0.25) is 14.3 Å². The van der Waals surface area contributed by atoms with E-state index in [-0.39, 0.29) is 37.8 Å². The molecule has 5 atom stereocenters. The first-order valence-electron chi connectivity index (χ1n) is 13.1. The Bertz CT molecular complexity index is 1320. The standard InChI is InChI=1S/C28H32BrFN2O6Si/c1-16-26(39(3,4)30)23(11-12-33)38-28(16)21-13-19(29)7-10-22(21)31(27(28)36)15-18-5-8-20(9-6-18)32-24(35)14-25(32)37-17(2)34/h5-10,13,16,23,25-26,33H,11-12,14-15H2,1-4H3/t16-,23+,25?,26-,28+/m1/s1. The highest BCUT2D eigenvalue weighted by molar-refractivity contribution is 9.10. The van der Waals surface area contributed by atoms with Gasteiger partial charge in [-0.15, -0.1) is 0 Å². The molecule has 3 aliphatic heterocycles. The molecular formula is C28H32BrFN2O6Si. The Morgan fingerprint density at radius 3 is 2.51 bits per heavy atom. The molecule has 0 bridgehead atoms. The van der Waals surface area contributed by atoms with Crippen molar-refractivity contribution in [3.63, 3.8) is 0 Å². The third-order valence-corrected chi connectivity index (χ3v) is 11.0. The predicted molar refractivity (Wildman–Crippen MR) is 149 cm³/mol. The van der Waals surface area contributed by atoms with Crippen molar-refractivity contribution in [3.8, 4) is 0 Å². The van der Waals surface area contributed by atoms with E-state index >= 15 is 4.11 Å². The first kappa shape index (κ1) is 27.9. The average molecular weight is 620 g/mol. The summed E-state index contributed by atoms with van der Waals surface area (Å²) in [5, 5.41) is 9.70. The Kier molecular flexibility index (Phi) is 7.24. The zero-order valence-corrected chi connectivity index (χ0v) is 24.9. The molecule has 3 heterocycles. The van der Waals surface area contributed by atoms with Crippen molar-refractivity contribution in [2.75, 3.05) is 16.4 Å². The lowest BCUT2D eigenvalue weighted by Gasteiger charge is -2.39. The number of halogens is 2. The van der Waals surface area contributed by atoms with Crippen molar-refractivity contribution < 1.29 is 33.1 Å². The number of β-lactam (4-membered cyclic amide) rings is 1. The molecule has 11 heteroatoms. The number of hydrogen-bond donors (Lipinski definition) is 1. The van der Waals surface area contributed by atoms with Crippen LogP contribution in [0, 0.1) is 5.92 Å². The second kappa shape index (κ2) is 10.1. The molecule has 2 aromatic carbocycles. The lowest BCUT2D eigenvalue weighted by atomic mass is 9.82. The molecular weight excluding hydrogens is 587 g/mol. The zero-order chi connectivity index (χ0) is 28.3. The van der Waals surface area contributed by atoms with E-state index in [4.69, 9.17) is 9.47 Å². The first-order valence-corrected chi connectivity index (χ1v) is 16.8. The minimum Gasteiger partial charge on any atom is -0.441 e. The second-order valence-electron chi connectivity index (χ2n) is 11.0. The summed E-state index contributed by atoms with van der Waals surface area (Å²) < 4.78 is 28.1. The van der Waals surface area contributed by atoms with Crippen LogP contribution in [-0.4, -0.2) is 50.2 Å². The molecule has 5 rings (SSSR count). The summed E-state index contributed by atoms with van der Waals surface area (Å²) in [6.07, 6.45) is -0.771. The van der Waals surface area contributed by atoms with E-state index < -0.39 is 43.8 Å². The van der Waals surface area contributed by atoms with Gasteiger partial charge in [0, 0.05) is 40.7 Å². The number of aliphatic hydroxyl groups is 1. The van der Waals surface area contributed by atoms with Crippen LogP contribution in [0.2, 0.25) is 18.6 Å². The van der Waals surface area contributed by atoms with Gasteiger partial charge in [-0.25, -0.2) is 0 Å². The van der Waals surface area contributed by atoms with Gasteiger partial charge >= 0.3 is 5.97 Å². The van der Waals surface area contributed by atoms with Crippen LogP contribution in [0.15, 0.2) is 46.9 Å². The Morgan fingerprint density at radius 2 is 1.92 bits per heavy atom. The number of nitrogens with zero attached hydrogens (tertiary/aromatic N) is 2. The maximum Gasteiger partial charge on any atom is 0.304 e. The van der Waals surface area contributed by atoms with Crippen molar-refractivity contribution in [1.29, 1.82) is 0 Å². The fraction of sp³-hybridized carbons (Fsp3) is 0.464. The summed E-state index contributed by atoms with van der Waals surface area (Å²) >= 11 is 3.53. The quantitative estimate of drug-likeness (QED) is 0.208. The summed E-state index contributed by atoms with van der Waals surface area (Å²) in [4.78, 5) is 40.9. The van der Waals surface area contributed by atoms with Crippen LogP contribution in [0.3, 0.4) is 0 Å². The van der Waals surface area contributed by atoms with Crippen molar-refractivity contribution in [3.05, 3.63) is 58.1 Å². The number of fused-ring (bicyclic) bond motifs is 2. The minimum atomic E-state index is -3.26. The maximum absolute atomic E-state index is 15.6. The Hall–Kier alpha value is -2.60. The Balaban J connectivity index is 1.46. The number of carbonyl (C=O) groups excluding carboxylic acids is 3. The summed E-state index contributed by atoms with van der Waals surface area (Å²) in [7, 11) is -3.26. The molecule has 0 aromatic heterocycles. The topological polar surface area (TPSA) is 96.4 Å². The number of amides is 2. The fourth-order valence-corrected chi connectivity index (χ4v) is 9.41. The van der Waals surface area contributed by atoms with Crippen LogP contribution in [0.5, 0.6) is 0 Å². The van der Waals surface area contributed by atoms with E-state index in [2.05, 4.69) is 15.9 Å². The SMILES string of the molecule is CC(=O)OC1CC(=O)N1c1ccc(CN2C(=O)[C@@]3(O[C@@H](CCO)[C@H]([Si](C)(C)F)[C@H]3C)c3cc(Br)ccc32)cc1. The molecule has 0 radical (unpaired) electrons. The second-order valence-corrected chi connectivity index (χ2v) is 15.7. The van der Waals surface area contributed by atoms with Gasteiger partial charge < -0.3 is 23.6 Å².